The van der Waals surface area contributed by atoms with E-state index in [0.29, 0.717) is 34.1 Å². The van der Waals surface area contributed by atoms with Gasteiger partial charge < -0.3 is 18.6 Å². The minimum atomic E-state index is -0.443. The van der Waals surface area contributed by atoms with Crippen LogP contribution in [0.25, 0.3) is 11.0 Å². The number of rotatable bonds is 7. The average molecular weight is 410 g/mol. The monoisotopic (exact) mass is 410 g/mol. The first kappa shape index (κ1) is 20.9. The summed E-state index contributed by atoms with van der Waals surface area (Å²) in [6.45, 7) is 3.31. The Kier molecular flexibility index (Phi) is 6.36. The van der Waals surface area contributed by atoms with Crippen LogP contribution < -0.4 is 25.3 Å². The van der Waals surface area contributed by atoms with Crippen molar-refractivity contribution in [3.63, 3.8) is 0 Å². The lowest BCUT2D eigenvalue weighted by Gasteiger charge is -2.10. The number of hydrogen-bond acceptors (Lipinski definition) is 7. The van der Waals surface area contributed by atoms with E-state index in [1.54, 1.807) is 57.5 Å². The molecular weight excluding hydrogens is 388 g/mol. The second-order valence-electron chi connectivity index (χ2n) is 6.49. The van der Waals surface area contributed by atoms with Gasteiger partial charge in [0.05, 0.1) is 19.9 Å². The summed E-state index contributed by atoms with van der Waals surface area (Å²) in [4.78, 5) is 23.7. The Morgan fingerprint density at radius 2 is 1.83 bits per heavy atom. The maximum atomic E-state index is 12.1. The smallest absolute Gasteiger partial charge is 0.336 e. The highest BCUT2D eigenvalue weighted by Gasteiger charge is 2.10. The molecule has 0 saturated heterocycles. The minimum Gasteiger partial charge on any atom is -0.497 e. The number of benzene rings is 2. The maximum absolute atomic E-state index is 12.1. The lowest BCUT2D eigenvalue weighted by Crippen LogP contribution is -2.25. The molecule has 1 heterocycles. The molecule has 2 aromatic carbocycles. The Balaban J connectivity index is 1.66. The van der Waals surface area contributed by atoms with E-state index in [4.69, 9.17) is 18.6 Å². The van der Waals surface area contributed by atoms with Crippen LogP contribution in [0.4, 0.5) is 0 Å². The van der Waals surface area contributed by atoms with Gasteiger partial charge in [0, 0.05) is 23.1 Å². The van der Waals surface area contributed by atoms with Crippen molar-refractivity contribution in [3.05, 3.63) is 64.0 Å². The molecule has 0 atom stereocenters. The van der Waals surface area contributed by atoms with E-state index in [9.17, 15) is 9.59 Å². The van der Waals surface area contributed by atoms with Crippen molar-refractivity contribution in [1.29, 1.82) is 0 Å². The van der Waals surface area contributed by atoms with Crippen LogP contribution >= 0.6 is 0 Å². The van der Waals surface area contributed by atoms with E-state index in [-0.39, 0.29) is 6.61 Å². The van der Waals surface area contributed by atoms with E-state index >= 15 is 0 Å². The summed E-state index contributed by atoms with van der Waals surface area (Å²) in [5.74, 6) is 1.22. The fraction of sp³-hybridized carbons (Fsp3) is 0.227. The van der Waals surface area contributed by atoms with Crippen molar-refractivity contribution in [1.82, 2.24) is 5.43 Å². The van der Waals surface area contributed by atoms with Crippen LogP contribution in [0.5, 0.6) is 17.2 Å². The summed E-state index contributed by atoms with van der Waals surface area (Å²) in [7, 11) is 3.12. The highest BCUT2D eigenvalue weighted by Crippen LogP contribution is 2.24. The molecule has 1 aromatic heterocycles. The first-order chi connectivity index (χ1) is 14.4. The molecule has 1 amide bonds. The second-order valence-corrected chi connectivity index (χ2v) is 6.49. The Hall–Kier alpha value is -3.81. The molecule has 156 valence electrons. The summed E-state index contributed by atoms with van der Waals surface area (Å²) >= 11 is 0. The van der Waals surface area contributed by atoms with Gasteiger partial charge in [0.25, 0.3) is 5.91 Å². The molecule has 0 bridgehead atoms. The van der Waals surface area contributed by atoms with Crippen LogP contribution in [0, 0.1) is 6.92 Å². The molecule has 3 rings (SSSR count). The van der Waals surface area contributed by atoms with Gasteiger partial charge in [-0.2, -0.15) is 5.10 Å². The highest BCUT2D eigenvalue weighted by atomic mass is 16.5. The van der Waals surface area contributed by atoms with Gasteiger partial charge in [-0.1, -0.05) is 0 Å². The molecule has 0 unspecified atom stereocenters. The number of aryl methyl sites for hydroxylation is 1. The third kappa shape index (κ3) is 4.78. The third-order valence-corrected chi connectivity index (χ3v) is 4.44. The van der Waals surface area contributed by atoms with Crippen molar-refractivity contribution < 1.29 is 23.4 Å². The molecule has 0 radical (unpaired) electrons. The van der Waals surface area contributed by atoms with Crippen LogP contribution in [-0.4, -0.2) is 32.4 Å². The number of carbonyl (C=O) groups is 1. The average Bonchev–Trinajstić information content (AvgIpc) is 2.75. The molecule has 30 heavy (non-hydrogen) atoms. The number of amides is 1. The molecule has 0 aliphatic rings. The van der Waals surface area contributed by atoms with Crippen molar-refractivity contribution in [3.8, 4) is 17.2 Å². The zero-order valence-electron chi connectivity index (χ0n) is 17.1. The van der Waals surface area contributed by atoms with Gasteiger partial charge in [-0.15, -0.1) is 0 Å². The number of ether oxygens (including phenoxy) is 3. The van der Waals surface area contributed by atoms with E-state index in [1.165, 1.54) is 6.07 Å². The molecule has 8 nitrogen and oxygen atoms in total. The third-order valence-electron chi connectivity index (χ3n) is 4.44. The summed E-state index contributed by atoms with van der Waals surface area (Å²) in [5, 5.41) is 4.91. The first-order valence-electron chi connectivity index (χ1n) is 9.14. The van der Waals surface area contributed by atoms with Gasteiger partial charge in [0.15, 0.2) is 6.61 Å². The summed E-state index contributed by atoms with van der Waals surface area (Å²) < 4.78 is 21.2. The van der Waals surface area contributed by atoms with Gasteiger partial charge in [-0.25, -0.2) is 10.2 Å². The number of nitrogens with zero attached hydrogens (tertiary/aromatic N) is 1. The SMILES string of the molecule is COc1ccc(OC)c(/C(C)=N\NC(=O)COc2ccc3c(C)cc(=O)oc3c2)c1. The lowest BCUT2D eigenvalue weighted by molar-refractivity contribution is -0.123. The van der Waals surface area contributed by atoms with Gasteiger partial charge >= 0.3 is 5.63 Å². The molecule has 0 saturated carbocycles. The normalized spacial score (nSPS) is 11.3. The van der Waals surface area contributed by atoms with E-state index in [1.807, 2.05) is 6.92 Å². The topological polar surface area (TPSA) is 99.4 Å². The van der Waals surface area contributed by atoms with Crippen LogP contribution in [0.2, 0.25) is 0 Å². The van der Waals surface area contributed by atoms with Crippen molar-refractivity contribution >= 4 is 22.6 Å². The lowest BCUT2D eigenvalue weighted by atomic mass is 10.1. The molecule has 8 heteroatoms. The van der Waals surface area contributed by atoms with Gasteiger partial charge in [-0.3, -0.25) is 4.79 Å². The van der Waals surface area contributed by atoms with Gasteiger partial charge in [0.1, 0.15) is 22.8 Å². The van der Waals surface area contributed by atoms with Crippen LogP contribution in [0.3, 0.4) is 0 Å². The number of hydrazone groups is 1. The highest BCUT2D eigenvalue weighted by molar-refractivity contribution is 6.02. The van der Waals surface area contributed by atoms with E-state index in [0.717, 1.165) is 10.9 Å². The van der Waals surface area contributed by atoms with Gasteiger partial charge in [0.2, 0.25) is 0 Å². The van der Waals surface area contributed by atoms with Gasteiger partial charge in [-0.05, 0) is 49.7 Å². The number of methoxy groups -OCH3 is 2. The van der Waals surface area contributed by atoms with E-state index < -0.39 is 11.5 Å². The number of carbonyl (C=O) groups excluding carboxylic acids is 1. The summed E-state index contributed by atoms with van der Waals surface area (Å²) in [6, 6.07) is 11.8. The molecular formula is C22H22N2O6. The summed E-state index contributed by atoms with van der Waals surface area (Å²) in [5.41, 5.74) is 4.46. The van der Waals surface area contributed by atoms with Crippen molar-refractivity contribution in [2.45, 2.75) is 13.8 Å². The molecule has 0 aliphatic heterocycles. The molecule has 0 spiro atoms. The van der Waals surface area contributed by atoms with Crippen LogP contribution in [-0.2, 0) is 4.79 Å². The zero-order chi connectivity index (χ0) is 21.7. The Bertz CT molecular complexity index is 1170. The fourth-order valence-corrected chi connectivity index (χ4v) is 2.88. The van der Waals surface area contributed by atoms with Crippen molar-refractivity contribution in [2.75, 3.05) is 20.8 Å². The van der Waals surface area contributed by atoms with Crippen molar-refractivity contribution in [2.24, 2.45) is 5.10 Å². The second kappa shape index (κ2) is 9.13. The fourth-order valence-electron chi connectivity index (χ4n) is 2.88. The maximum Gasteiger partial charge on any atom is 0.336 e. The largest absolute Gasteiger partial charge is 0.497 e. The quantitative estimate of drug-likeness (QED) is 0.365. The standard InChI is InChI=1S/C22H22N2O6/c1-13-9-22(26)30-20-11-16(5-7-17(13)20)29-12-21(25)24-23-14(2)18-10-15(27-3)6-8-19(18)28-4/h5-11H,12H2,1-4H3,(H,24,25)/b23-14-. The molecule has 0 aliphatic carbocycles. The number of nitrogens with one attached hydrogen (secondary N) is 1. The predicted octanol–water partition coefficient (Wildman–Crippen LogP) is 3.04. The molecule has 3 aromatic rings. The Morgan fingerprint density at radius 3 is 2.57 bits per heavy atom. The number of fused-ring (bicyclic) bond motifs is 1. The minimum absolute atomic E-state index is 0.256. The van der Waals surface area contributed by atoms with E-state index in [2.05, 4.69) is 10.5 Å². The van der Waals surface area contributed by atoms with Crippen LogP contribution in [0.15, 0.2) is 56.8 Å². The number of hydrogen-bond donors (Lipinski definition) is 1. The molecule has 1 N–H and O–H groups in total. The zero-order valence-corrected chi connectivity index (χ0v) is 17.1. The predicted molar refractivity (Wildman–Crippen MR) is 113 cm³/mol. The summed E-state index contributed by atoms with van der Waals surface area (Å²) in [6.07, 6.45) is 0. The Morgan fingerprint density at radius 1 is 1.07 bits per heavy atom. The van der Waals surface area contributed by atoms with Crippen LogP contribution in [0.1, 0.15) is 18.1 Å². The Labute approximate surface area is 173 Å². The molecule has 0 fully saturated rings. The first-order valence-corrected chi connectivity index (χ1v) is 9.14.